The van der Waals surface area contributed by atoms with E-state index in [-0.39, 0.29) is 26.4 Å². The van der Waals surface area contributed by atoms with E-state index in [4.69, 9.17) is 23.7 Å². The van der Waals surface area contributed by atoms with E-state index in [0.29, 0.717) is 0 Å². The van der Waals surface area contributed by atoms with Crippen molar-refractivity contribution in [3.8, 4) is 0 Å². The maximum Gasteiger partial charge on any atom is 0.330 e. The van der Waals surface area contributed by atoms with Crippen molar-refractivity contribution in [1.29, 1.82) is 0 Å². The molecule has 1 fully saturated rings. The molecule has 40 heavy (non-hydrogen) atoms. The molecule has 0 aromatic heterocycles. The number of carbonyl (C=O) groups excluding carboxylic acids is 1. The van der Waals surface area contributed by atoms with E-state index in [1.54, 1.807) is 6.92 Å². The van der Waals surface area contributed by atoms with E-state index in [1.165, 1.54) is 6.08 Å². The lowest BCUT2D eigenvalue weighted by Crippen LogP contribution is -2.62. The number of carbonyl (C=O) groups is 1. The molecule has 1 saturated heterocycles. The van der Waals surface area contributed by atoms with Crippen molar-refractivity contribution in [2.45, 2.75) is 63.6 Å². The Labute approximate surface area is 234 Å². The molecule has 6 atom stereocenters. The van der Waals surface area contributed by atoms with Crippen LogP contribution in [-0.2, 0) is 48.3 Å². The van der Waals surface area contributed by atoms with Gasteiger partial charge in [0.25, 0.3) is 0 Å². The summed E-state index contributed by atoms with van der Waals surface area (Å²) in [5, 5.41) is 22.2. The smallest absolute Gasteiger partial charge is 0.330 e. The molecule has 0 spiro atoms. The van der Waals surface area contributed by atoms with Crippen LogP contribution in [0, 0.1) is 0 Å². The molecular weight excluding hydrogens is 512 g/mol. The molecule has 2 N–H and O–H groups in total. The van der Waals surface area contributed by atoms with Gasteiger partial charge in [-0.05, 0) is 29.7 Å². The third-order valence-corrected chi connectivity index (χ3v) is 6.46. The summed E-state index contributed by atoms with van der Waals surface area (Å²) in [4.78, 5) is 11.9. The Morgan fingerprint density at radius 1 is 0.775 bits per heavy atom. The van der Waals surface area contributed by atoms with Gasteiger partial charge in [0.15, 0.2) is 6.29 Å². The SMILES string of the molecule is CCOC(=O)/C=C/C(O)[C@@H]1O[C@@H](O)[C@H](OCc2ccccc2)[C@@H](OCc2ccccc2)[C@@H]1OCc1ccccc1. The molecule has 212 valence electrons. The van der Waals surface area contributed by atoms with Crippen LogP contribution in [0.2, 0.25) is 0 Å². The van der Waals surface area contributed by atoms with Gasteiger partial charge in [-0.1, -0.05) is 91.0 Å². The van der Waals surface area contributed by atoms with Gasteiger partial charge in [0.1, 0.15) is 30.5 Å². The van der Waals surface area contributed by atoms with Gasteiger partial charge in [-0.3, -0.25) is 0 Å². The van der Waals surface area contributed by atoms with Crippen LogP contribution in [0.5, 0.6) is 0 Å². The maximum atomic E-state index is 11.9. The summed E-state index contributed by atoms with van der Waals surface area (Å²) in [7, 11) is 0. The van der Waals surface area contributed by atoms with Crippen molar-refractivity contribution < 1.29 is 38.7 Å². The van der Waals surface area contributed by atoms with Crippen molar-refractivity contribution in [2.24, 2.45) is 0 Å². The number of benzene rings is 3. The van der Waals surface area contributed by atoms with Crippen LogP contribution in [0.4, 0.5) is 0 Å². The van der Waals surface area contributed by atoms with Crippen LogP contribution in [0.3, 0.4) is 0 Å². The molecule has 4 rings (SSSR count). The average Bonchev–Trinajstić information content (AvgIpc) is 2.99. The van der Waals surface area contributed by atoms with E-state index < -0.39 is 42.8 Å². The van der Waals surface area contributed by atoms with Gasteiger partial charge >= 0.3 is 5.97 Å². The van der Waals surface area contributed by atoms with Crippen LogP contribution >= 0.6 is 0 Å². The minimum atomic E-state index is -1.43. The van der Waals surface area contributed by atoms with Gasteiger partial charge in [-0.2, -0.15) is 0 Å². The highest BCUT2D eigenvalue weighted by Crippen LogP contribution is 2.31. The van der Waals surface area contributed by atoms with Gasteiger partial charge in [0.2, 0.25) is 0 Å². The molecule has 8 heteroatoms. The quantitative estimate of drug-likeness (QED) is 0.245. The van der Waals surface area contributed by atoms with Crippen LogP contribution in [0.1, 0.15) is 23.6 Å². The molecule has 0 saturated carbocycles. The topological polar surface area (TPSA) is 104 Å². The minimum absolute atomic E-state index is 0.201. The van der Waals surface area contributed by atoms with E-state index >= 15 is 0 Å². The number of hydrogen-bond acceptors (Lipinski definition) is 8. The van der Waals surface area contributed by atoms with Gasteiger partial charge in [0, 0.05) is 6.08 Å². The number of aliphatic hydroxyl groups excluding tert-OH is 2. The molecule has 1 unspecified atom stereocenters. The highest BCUT2D eigenvalue weighted by atomic mass is 16.7. The number of rotatable bonds is 13. The van der Waals surface area contributed by atoms with Crippen LogP contribution in [-0.4, -0.2) is 59.6 Å². The molecular formula is C32H36O8. The minimum Gasteiger partial charge on any atom is -0.463 e. The third kappa shape index (κ3) is 8.56. The summed E-state index contributed by atoms with van der Waals surface area (Å²) >= 11 is 0. The van der Waals surface area contributed by atoms with E-state index in [2.05, 4.69) is 0 Å². The van der Waals surface area contributed by atoms with Crippen molar-refractivity contribution in [1.82, 2.24) is 0 Å². The van der Waals surface area contributed by atoms with Gasteiger partial charge in [0.05, 0.1) is 26.4 Å². The highest BCUT2D eigenvalue weighted by Gasteiger charge is 2.49. The largest absolute Gasteiger partial charge is 0.463 e. The van der Waals surface area contributed by atoms with E-state index in [0.717, 1.165) is 22.8 Å². The first-order chi connectivity index (χ1) is 19.5. The predicted octanol–water partition coefficient (Wildman–Crippen LogP) is 3.94. The Bertz CT molecular complexity index is 1170. The molecule has 8 nitrogen and oxygen atoms in total. The summed E-state index contributed by atoms with van der Waals surface area (Å²) in [6.07, 6.45) is -4.02. The normalized spacial score (nSPS) is 23.6. The Kier molecular flexibility index (Phi) is 11.4. The standard InChI is InChI=1S/C32H36O8/c1-2-36-27(34)19-18-26(33)28-29(37-20-23-12-6-3-7-13-23)30(38-21-24-14-8-4-9-15-24)31(32(35)40-28)39-22-25-16-10-5-11-17-25/h3-19,26,28-33,35H,2,20-22H2,1H3/b19-18+/t26?,28-,29+,30-,31+,32+/m0/s1. The zero-order valence-corrected chi connectivity index (χ0v) is 22.5. The fourth-order valence-corrected chi connectivity index (χ4v) is 4.46. The van der Waals surface area contributed by atoms with Crippen molar-refractivity contribution in [3.63, 3.8) is 0 Å². The number of aliphatic hydroxyl groups is 2. The fraction of sp³-hybridized carbons (Fsp3) is 0.344. The van der Waals surface area contributed by atoms with Crippen LogP contribution in [0.15, 0.2) is 103 Å². The lowest BCUT2D eigenvalue weighted by molar-refractivity contribution is -0.320. The summed E-state index contributed by atoms with van der Waals surface area (Å²) in [6, 6.07) is 28.8. The van der Waals surface area contributed by atoms with Gasteiger partial charge in [-0.15, -0.1) is 0 Å². The van der Waals surface area contributed by atoms with E-state index in [9.17, 15) is 15.0 Å². The Morgan fingerprint density at radius 2 is 1.23 bits per heavy atom. The second-order valence-electron chi connectivity index (χ2n) is 9.38. The molecule has 0 amide bonds. The lowest BCUT2D eigenvalue weighted by atomic mass is 9.94. The zero-order valence-electron chi connectivity index (χ0n) is 22.5. The van der Waals surface area contributed by atoms with Gasteiger partial charge in [-0.25, -0.2) is 4.79 Å². The van der Waals surface area contributed by atoms with Gasteiger partial charge < -0.3 is 33.9 Å². The zero-order chi connectivity index (χ0) is 28.2. The summed E-state index contributed by atoms with van der Waals surface area (Å²) in [6.45, 7) is 2.53. The van der Waals surface area contributed by atoms with Crippen molar-refractivity contribution >= 4 is 5.97 Å². The maximum absolute atomic E-state index is 11.9. The molecule has 0 aliphatic carbocycles. The molecule has 3 aromatic rings. The molecule has 0 bridgehead atoms. The Balaban J connectivity index is 1.61. The van der Waals surface area contributed by atoms with Crippen LogP contribution in [0.25, 0.3) is 0 Å². The second-order valence-corrected chi connectivity index (χ2v) is 9.38. The monoisotopic (exact) mass is 548 g/mol. The first-order valence-corrected chi connectivity index (χ1v) is 13.4. The molecule has 1 aliphatic heterocycles. The molecule has 0 radical (unpaired) electrons. The fourth-order valence-electron chi connectivity index (χ4n) is 4.46. The van der Waals surface area contributed by atoms with Crippen molar-refractivity contribution in [3.05, 3.63) is 120 Å². The first kappa shape index (κ1) is 29.6. The number of esters is 1. The third-order valence-electron chi connectivity index (χ3n) is 6.46. The lowest BCUT2D eigenvalue weighted by Gasteiger charge is -2.45. The van der Waals surface area contributed by atoms with E-state index in [1.807, 2.05) is 91.0 Å². The molecule has 3 aromatic carbocycles. The summed E-state index contributed by atoms with van der Waals surface area (Å²) in [5.41, 5.74) is 2.75. The second kappa shape index (κ2) is 15.4. The number of hydrogen-bond donors (Lipinski definition) is 2. The van der Waals surface area contributed by atoms with Crippen LogP contribution < -0.4 is 0 Å². The number of ether oxygens (including phenoxy) is 5. The van der Waals surface area contributed by atoms with Crippen molar-refractivity contribution in [2.75, 3.05) is 6.61 Å². The Hall–Kier alpha value is -3.37. The predicted molar refractivity (Wildman–Crippen MR) is 148 cm³/mol. The highest BCUT2D eigenvalue weighted by molar-refractivity contribution is 5.81. The molecule has 1 aliphatic rings. The molecule has 1 heterocycles. The average molecular weight is 549 g/mol. The first-order valence-electron chi connectivity index (χ1n) is 13.4. The Morgan fingerprint density at radius 3 is 1.70 bits per heavy atom. The summed E-state index contributed by atoms with van der Waals surface area (Å²) in [5.74, 6) is -0.597. The summed E-state index contributed by atoms with van der Waals surface area (Å²) < 4.78 is 29.7.